The van der Waals surface area contributed by atoms with Crippen LogP contribution in [0.1, 0.15) is 16.7 Å². The molecule has 1 heterocycles. The van der Waals surface area contributed by atoms with Crippen molar-refractivity contribution in [1.82, 2.24) is 0 Å². The van der Waals surface area contributed by atoms with Gasteiger partial charge in [-0.1, -0.05) is 29.8 Å². The lowest BCUT2D eigenvalue weighted by molar-refractivity contribution is -0.671. The number of aryl methyl sites for hydroxylation is 2. The third-order valence-electron chi connectivity index (χ3n) is 2.92. The highest BCUT2D eigenvalue weighted by atomic mass is 16.5. The Labute approximate surface area is 113 Å². The maximum Gasteiger partial charge on any atom is 0.310 e. The molecule has 0 atom stereocenters. The Kier molecular flexibility index (Phi) is 4.29. The van der Waals surface area contributed by atoms with Gasteiger partial charge in [-0.15, -0.1) is 0 Å². The molecular formula is C16H18NO2+. The van der Waals surface area contributed by atoms with Gasteiger partial charge < -0.3 is 4.74 Å². The maximum atomic E-state index is 11.7. The van der Waals surface area contributed by atoms with Gasteiger partial charge in [-0.25, -0.2) is 4.57 Å². The van der Waals surface area contributed by atoms with E-state index in [1.165, 1.54) is 5.56 Å². The molecule has 1 aromatic heterocycles. The number of esters is 1. The van der Waals surface area contributed by atoms with E-state index in [1.54, 1.807) is 0 Å². The van der Waals surface area contributed by atoms with Crippen molar-refractivity contribution in [3.8, 4) is 0 Å². The van der Waals surface area contributed by atoms with Gasteiger partial charge >= 0.3 is 5.97 Å². The molecule has 0 aliphatic rings. The number of nitrogens with zero attached hydrogens (tertiary/aromatic N) is 1. The fourth-order valence-corrected chi connectivity index (χ4v) is 1.72. The monoisotopic (exact) mass is 256 g/mol. The maximum absolute atomic E-state index is 11.7. The van der Waals surface area contributed by atoms with Crippen LogP contribution in [0, 0.1) is 6.92 Å². The molecule has 0 radical (unpaired) electrons. The Morgan fingerprint density at radius 3 is 2.32 bits per heavy atom. The van der Waals surface area contributed by atoms with E-state index in [-0.39, 0.29) is 5.97 Å². The third-order valence-corrected chi connectivity index (χ3v) is 2.92. The summed E-state index contributed by atoms with van der Waals surface area (Å²) in [5.74, 6) is -0.200. The summed E-state index contributed by atoms with van der Waals surface area (Å²) in [6.45, 7) is 2.37. The second kappa shape index (κ2) is 6.14. The van der Waals surface area contributed by atoms with E-state index in [1.807, 2.05) is 67.3 Å². The summed E-state index contributed by atoms with van der Waals surface area (Å²) in [7, 11) is 1.94. The second-order valence-corrected chi connectivity index (χ2v) is 4.69. The van der Waals surface area contributed by atoms with Crippen molar-refractivity contribution < 1.29 is 14.1 Å². The molecule has 0 amide bonds. The van der Waals surface area contributed by atoms with Crippen LogP contribution in [0.4, 0.5) is 0 Å². The number of aromatic nitrogens is 1. The molecule has 0 bridgehead atoms. The van der Waals surface area contributed by atoms with Gasteiger partial charge in [0.15, 0.2) is 12.4 Å². The smallest absolute Gasteiger partial charge is 0.310 e. The van der Waals surface area contributed by atoms with Gasteiger partial charge in [0.1, 0.15) is 13.7 Å². The first-order valence-corrected chi connectivity index (χ1v) is 6.29. The molecule has 0 unspecified atom stereocenters. The predicted octanol–water partition coefficient (Wildman–Crippen LogP) is 2.11. The molecule has 1 aromatic carbocycles. The summed E-state index contributed by atoms with van der Waals surface area (Å²) in [6, 6.07) is 11.8. The van der Waals surface area contributed by atoms with E-state index in [0.717, 1.165) is 11.1 Å². The Hall–Kier alpha value is -2.16. The Bertz CT molecular complexity index is 544. The van der Waals surface area contributed by atoms with Gasteiger partial charge in [-0.2, -0.15) is 0 Å². The van der Waals surface area contributed by atoms with Crippen molar-refractivity contribution in [3.63, 3.8) is 0 Å². The number of ether oxygens (including phenoxy) is 1. The van der Waals surface area contributed by atoms with Crippen LogP contribution in [0.15, 0.2) is 48.8 Å². The molecule has 2 rings (SSSR count). The minimum Gasteiger partial charge on any atom is -0.461 e. The first kappa shape index (κ1) is 13.3. The first-order chi connectivity index (χ1) is 9.13. The molecule has 19 heavy (non-hydrogen) atoms. The zero-order valence-corrected chi connectivity index (χ0v) is 11.3. The molecule has 98 valence electrons. The van der Waals surface area contributed by atoms with Crippen molar-refractivity contribution in [1.29, 1.82) is 0 Å². The number of carbonyl (C=O) groups excluding carboxylic acids is 1. The standard InChI is InChI=1S/C16H18NO2/c1-13-3-5-15(6-4-13)12-19-16(18)11-14-7-9-17(2)10-8-14/h3-10H,11-12H2,1-2H3/q+1. The van der Waals surface area contributed by atoms with Gasteiger partial charge in [0.25, 0.3) is 0 Å². The van der Waals surface area contributed by atoms with Crippen LogP contribution in [0.5, 0.6) is 0 Å². The summed E-state index contributed by atoms with van der Waals surface area (Å²) in [5, 5.41) is 0. The highest BCUT2D eigenvalue weighted by Gasteiger charge is 2.06. The van der Waals surface area contributed by atoms with Gasteiger partial charge in [0, 0.05) is 12.1 Å². The average molecular weight is 256 g/mol. The third kappa shape index (κ3) is 4.21. The van der Waals surface area contributed by atoms with Crippen LogP contribution in [0.3, 0.4) is 0 Å². The quantitative estimate of drug-likeness (QED) is 0.619. The number of rotatable bonds is 4. The number of pyridine rings is 1. The lowest BCUT2D eigenvalue weighted by Crippen LogP contribution is -2.26. The SMILES string of the molecule is Cc1ccc(COC(=O)Cc2cc[n+](C)cc2)cc1. The summed E-state index contributed by atoms with van der Waals surface area (Å²) in [6.07, 6.45) is 4.15. The van der Waals surface area contributed by atoms with Crippen LogP contribution in [0.25, 0.3) is 0 Å². The van der Waals surface area contributed by atoms with Gasteiger partial charge in [0.05, 0.1) is 6.42 Å². The van der Waals surface area contributed by atoms with E-state index in [4.69, 9.17) is 4.74 Å². The fraction of sp³-hybridized carbons (Fsp3) is 0.250. The number of hydrogen-bond acceptors (Lipinski definition) is 2. The molecule has 0 spiro atoms. The van der Waals surface area contributed by atoms with E-state index >= 15 is 0 Å². The van der Waals surface area contributed by atoms with Crippen LogP contribution < -0.4 is 4.57 Å². The minimum absolute atomic E-state index is 0.200. The minimum atomic E-state index is -0.200. The van der Waals surface area contributed by atoms with Crippen molar-refractivity contribution in [2.45, 2.75) is 20.0 Å². The van der Waals surface area contributed by atoms with Crippen molar-refractivity contribution >= 4 is 5.97 Å². The van der Waals surface area contributed by atoms with Gasteiger partial charge in [0.2, 0.25) is 0 Å². The lowest BCUT2D eigenvalue weighted by Gasteiger charge is -2.05. The topological polar surface area (TPSA) is 30.2 Å². The van der Waals surface area contributed by atoms with Crippen LogP contribution >= 0.6 is 0 Å². The fourth-order valence-electron chi connectivity index (χ4n) is 1.72. The lowest BCUT2D eigenvalue weighted by atomic mass is 10.2. The van der Waals surface area contributed by atoms with E-state index < -0.39 is 0 Å². The summed E-state index contributed by atoms with van der Waals surface area (Å²) >= 11 is 0. The largest absolute Gasteiger partial charge is 0.461 e. The first-order valence-electron chi connectivity index (χ1n) is 6.29. The van der Waals surface area contributed by atoms with Crippen LogP contribution in [-0.4, -0.2) is 5.97 Å². The van der Waals surface area contributed by atoms with E-state index in [2.05, 4.69) is 0 Å². The molecule has 3 nitrogen and oxygen atoms in total. The van der Waals surface area contributed by atoms with Crippen molar-refractivity contribution in [2.24, 2.45) is 7.05 Å². The Morgan fingerprint density at radius 2 is 1.68 bits per heavy atom. The summed E-state index contributed by atoms with van der Waals surface area (Å²) in [5.41, 5.74) is 3.18. The Balaban J connectivity index is 1.84. The molecule has 0 aliphatic carbocycles. The van der Waals surface area contributed by atoms with Crippen LogP contribution in [0.2, 0.25) is 0 Å². The van der Waals surface area contributed by atoms with Crippen molar-refractivity contribution in [3.05, 3.63) is 65.5 Å². The normalized spacial score (nSPS) is 10.2. The molecule has 3 heteroatoms. The van der Waals surface area contributed by atoms with Gasteiger partial charge in [-0.3, -0.25) is 4.79 Å². The molecule has 0 saturated carbocycles. The molecule has 0 aliphatic heterocycles. The number of hydrogen-bond donors (Lipinski definition) is 0. The Morgan fingerprint density at radius 1 is 1.05 bits per heavy atom. The van der Waals surface area contributed by atoms with E-state index in [0.29, 0.717) is 13.0 Å². The summed E-state index contributed by atoms with van der Waals surface area (Å²) in [4.78, 5) is 11.7. The predicted molar refractivity (Wildman–Crippen MR) is 72.3 cm³/mol. The zero-order chi connectivity index (χ0) is 13.7. The second-order valence-electron chi connectivity index (χ2n) is 4.69. The highest BCUT2D eigenvalue weighted by molar-refractivity contribution is 5.72. The molecule has 0 N–H and O–H groups in total. The summed E-state index contributed by atoms with van der Waals surface area (Å²) < 4.78 is 7.19. The zero-order valence-electron chi connectivity index (χ0n) is 11.3. The number of carbonyl (C=O) groups is 1. The van der Waals surface area contributed by atoms with Crippen molar-refractivity contribution in [2.75, 3.05) is 0 Å². The van der Waals surface area contributed by atoms with Gasteiger partial charge in [-0.05, 0) is 18.1 Å². The van der Waals surface area contributed by atoms with E-state index in [9.17, 15) is 4.79 Å². The molecular weight excluding hydrogens is 238 g/mol. The molecule has 0 fully saturated rings. The molecule has 2 aromatic rings. The average Bonchev–Trinajstić information content (AvgIpc) is 2.41. The highest BCUT2D eigenvalue weighted by Crippen LogP contribution is 2.06. The van der Waals surface area contributed by atoms with Crippen LogP contribution in [-0.2, 0) is 29.6 Å². The number of benzene rings is 1. The molecule has 0 saturated heterocycles.